The zero-order valence-electron chi connectivity index (χ0n) is 10.9. The predicted octanol–water partition coefficient (Wildman–Crippen LogP) is 2.81. The lowest BCUT2D eigenvalue weighted by Crippen LogP contribution is -2.35. The highest BCUT2D eigenvalue weighted by Crippen LogP contribution is 2.26. The van der Waals surface area contributed by atoms with Gasteiger partial charge in [0, 0.05) is 12.6 Å². The van der Waals surface area contributed by atoms with E-state index in [1.807, 2.05) is 13.8 Å². The lowest BCUT2D eigenvalue weighted by molar-refractivity contribution is 0.0413. The molecule has 0 radical (unpaired) electrons. The molecule has 17 heavy (non-hydrogen) atoms. The standard InChI is InChI=1S/C15H23NO/c1-15(2,17)11-14-9-6-10-16(14)12-13-7-4-3-5-8-13/h3-5,7-8,14,17H,6,9-12H2,1-2H3. The van der Waals surface area contributed by atoms with Crippen molar-refractivity contribution in [3.63, 3.8) is 0 Å². The van der Waals surface area contributed by atoms with Gasteiger partial charge >= 0.3 is 0 Å². The fraction of sp³-hybridized carbons (Fsp3) is 0.600. The number of aliphatic hydroxyl groups is 1. The van der Waals surface area contributed by atoms with Gasteiger partial charge in [-0.3, -0.25) is 4.90 Å². The first kappa shape index (κ1) is 12.6. The number of hydrogen-bond acceptors (Lipinski definition) is 2. The Balaban J connectivity index is 1.96. The van der Waals surface area contributed by atoms with Gasteiger partial charge in [0.25, 0.3) is 0 Å². The van der Waals surface area contributed by atoms with E-state index in [0.717, 1.165) is 19.5 Å². The largest absolute Gasteiger partial charge is 0.390 e. The third-order valence-electron chi connectivity index (χ3n) is 3.46. The van der Waals surface area contributed by atoms with Crippen LogP contribution in [0.2, 0.25) is 0 Å². The lowest BCUT2D eigenvalue weighted by atomic mass is 9.97. The van der Waals surface area contributed by atoms with Crippen LogP contribution >= 0.6 is 0 Å². The molecule has 0 saturated carbocycles. The van der Waals surface area contributed by atoms with Gasteiger partial charge < -0.3 is 5.11 Å². The van der Waals surface area contributed by atoms with E-state index in [-0.39, 0.29) is 0 Å². The first-order valence-corrected chi connectivity index (χ1v) is 6.55. The molecule has 0 spiro atoms. The van der Waals surface area contributed by atoms with Crippen molar-refractivity contribution < 1.29 is 5.11 Å². The molecular formula is C15H23NO. The molecule has 2 heteroatoms. The molecule has 1 saturated heterocycles. The Hall–Kier alpha value is -0.860. The minimum atomic E-state index is -0.552. The van der Waals surface area contributed by atoms with Crippen LogP contribution in [0.5, 0.6) is 0 Å². The average Bonchev–Trinajstić information content (AvgIpc) is 2.65. The van der Waals surface area contributed by atoms with Crippen LogP contribution in [0, 0.1) is 0 Å². The molecule has 1 unspecified atom stereocenters. The minimum Gasteiger partial charge on any atom is -0.390 e. The first-order valence-electron chi connectivity index (χ1n) is 6.55. The Morgan fingerprint density at radius 1 is 1.29 bits per heavy atom. The van der Waals surface area contributed by atoms with Gasteiger partial charge in [-0.25, -0.2) is 0 Å². The van der Waals surface area contributed by atoms with Gasteiger partial charge in [-0.1, -0.05) is 30.3 Å². The van der Waals surface area contributed by atoms with E-state index in [2.05, 4.69) is 35.2 Å². The molecule has 94 valence electrons. The van der Waals surface area contributed by atoms with Crippen LogP contribution in [-0.2, 0) is 6.54 Å². The molecule has 1 atom stereocenters. The van der Waals surface area contributed by atoms with Crippen LogP contribution in [0.25, 0.3) is 0 Å². The molecule has 1 aromatic carbocycles. The second kappa shape index (κ2) is 5.19. The van der Waals surface area contributed by atoms with Crippen molar-refractivity contribution in [1.82, 2.24) is 4.90 Å². The summed E-state index contributed by atoms with van der Waals surface area (Å²) >= 11 is 0. The summed E-state index contributed by atoms with van der Waals surface area (Å²) in [6.45, 7) is 6.00. The average molecular weight is 233 g/mol. The SMILES string of the molecule is CC(C)(O)CC1CCCN1Cc1ccccc1. The van der Waals surface area contributed by atoms with Gasteiger partial charge in [0.05, 0.1) is 5.60 Å². The number of hydrogen-bond donors (Lipinski definition) is 1. The van der Waals surface area contributed by atoms with E-state index < -0.39 is 5.60 Å². The molecular weight excluding hydrogens is 210 g/mol. The van der Waals surface area contributed by atoms with E-state index in [0.29, 0.717) is 6.04 Å². The van der Waals surface area contributed by atoms with Crippen molar-refractivity contribution in [2.75, 3.05) is 6.54 Å². The summed E-state index contributed by atoms with van der Waals surface area (Å²) in [7, 11) is 0. The Kier molecular flexibility index (Phi) is 3.85. The lowest BCUT2D eigenvalue weighted by Gasteiger charge is -2.29. The van der Waals surface area contributed by atoms with Gasteiger partial charge in [-0.15, -0.1) is 0 Å². The maximum atomic E-state index is 9.94. The zero-order valence-corrected chi connectivity index (χ0v) is 10.9. The molecule has 0 aromatic heterocycles. The zero-order chi connectivity index (χ0) is 12.3. The van der Waals surface area contributed by atoms with Crippen LogP contribution in [0.15, 0.2) is 30.3 Å². The van der Waals surface area contributed by atoms with Crippen molar-refractivity contribution in [2.45, 2.75) is 51.3 Å². The third kappa shape index (κ3) is 3.83. The van der Waals surface area contributed by atoms with Crippen molar-refractivity contribution in [2.24, 2.45) is 0 Å². The second-order valence-electron chi connectivity index (χ2n) is 5.77. The maximum absolute atomic E-state index is 9.94. The minimum absolute atomic E-state index is 0.537. The van der Waals surface area contributed by atoms with E-state index in [9.17, 15) is 5.11 Å². The molecule has 2 rings (SSSR count). The van der Waals surface area contributed by atoms with E-state index in [1.54, 1.807) is 0 Å². The van der Waals surface area contributed by atoms with E-state index >= 15 is 0 Å². The second-order valence-corrected chi connectivity index (χ2v) is 5.77. The Labute approximate surface area is 104 Å². The summed E-state index contributed by atoms with van der Waals surface area (Å²) < 4.78 is 0. The quantitative estimate of drug-likeness (QED) is 0.864. The summed E-state index contributed by atoms with van der Waals surface area (Å²) in [4.78, 5) is 2.51. The van der Waals surface area contributed by atoms with Crippen molar-refractivity contribution in [1.29, 1.82) is 0 Å². The van der Waals surface area contributed by atoms with Crippen LogP contribution in [0.1, 0.15) is 38.7 Å². The number of likely N-dealkylation sites (tertiary alicyclic amines) is 1. The predicted molar refractivity (Wildman–Crippen MR) is 70.8 cm³/mol. The molecule has 1 N–H and O–H groups in total. The van der Waals surface area contributed by atoms with Gasteiger partial charge in [-0.2, -0.15) is 0 Å². The molecule has 1 aliphatic rings. The normalized spacial score (nSPS) is 21.9. The molecule has 0 aliphatic carbocycles. The molecule has 1 fully saturated rings. The Morgan fingerprint density at radius 2 is 2.00 bits per heavy atom. The molecule has 1 aliphatic heterocycles. The number of rotatable bonds is 4. The number of benzene rings is 1. The van der Waals surface area contributed by atoms with E-state index in [4.69, 9.17) is 0 Å². The molecule has 0 amide bonds. The van der Waals surface area contributed by atoms with Crippen molar-refractivity contribution in [3.05, 3.63) is 35.9 Å². The Bertz CT molecular complexity index is 342. The number of nitrogens with zero attached hydrogens (tertiary/aromatic N) is 1. The van der Waals surface area contributed by atoms with E-state index in [1.165, 1.54) is 18.4 Å². The maximum Gasteiger partial charge on any atom is 0.0606 e. The summed E-state index contributed by atoms with van der Waals surface area (Å²) in [5.41, 5.74) is 0.819. The fourth-order valence-corrected chi connectivity index (χ4v) is 2.73. The highest BCUT2D eigenvalue weighted by Gasteiger charge is 2.29. The summed E-state index contributed by atoms with van der Waals surface area (Å²) in [5, 5.41) is 9.94. The van der Waals surface area contributed by atoms with Crippen molar-refractivity contribution >= 4 is 0 Å². The highest BCUT2D eigenvalue weighted by atomic mass is 16.3. The molecule has 1 aromatic rings. The summed E-state index contributed by atoms with van der Waals surface area (Å²) in [6, 6.07) is 11.1. The molecule has 0 bridgehead atoms. The summed E-state index contributed by atoms with van der Waals surface area (Å²) in [5.74, 6) is 0. The highest BCUT2D eigenvalue weighted by molar-refractivity contribution is 5.14. The first-order chi connectivity index (χ1) is 8.04. The van der Waals surface area contributed by atoms with Gasteiger partial charge in [0.1, 0.15) is 0 Å². The fourth-order valence-electron chi connectivity index (χ4n) is 2.73. The third-order valence-corrected chi connectivity index (χ3v) is 3.46. The molecule has 1 heterocycles. The van der Waals surface area contributed by atoms with Crippen LogP contribution in [0.3, 0.4) is 0 Å². The van der Waals surface area contributed by atoms with Gasteiger partial charge in [-0.05, 0) is 45.2 Å². The molecule has 2 nitrogen and oxygen atoms in total. The monoisotopic (exact) mass is 233 g/mol. The van der Waals surface area contributed by atoms with Gasteiger partial charge in [0.2, 0.25) is 0 Å². The topological polar surface area (TPSA) is 23.5 Å². The summed E-state index contributed by atoms with van der Waals surface area (Å²) in [6.07, 6.45) is 3.35. The Morgan fingerprint density at radius 3 is 2.65 bits per heavy atom. The van der Waals surface area contributed by atoms with Gasteiger partial charge in [0.15, 0.2) is 0 Å². The smallest absolute Gasteiger partial charge is 0.0606 e. The van der Waals surface area contributed by atoms with Crippen LogP contribution < -0.4 is 0 Å². The van der Waals surface area contributed by atoms with Crippen molar-refractivity contribution in [3.8, 4) is 0 Å². The van der Waals surface area contributed by atoms with Crippen LogP contribution in [0.4, 0.5) is 0 Å². The van der Waals surface area contributed by atoms with Crippen LogP contribution in [-0.4, -0.2) is 28.2 Å².